The Morgan fingerprint density at radius 1 is 1.40 bits per heavy atom. The lowest BCUT2D eigenvalue weighted by Crippen LogP contribution is -1.92. The van der Waals surface area contributed by atoms with Gasteiger partial charge in [0.25, 0.3) is 0 Å². The first-order chi connectivity index (χ1) is 7.02. The van der Waals surface area contributed by atoms with E-state index in [1.54, 1.807) is 6.92 Å². The Kier molecular flexibility index (Phi) is 2.64. The maximum atomic E-state index is 13.2. The summed E-state index contributed by atoms with van der Waals surface area (Å²) in [4.78, 5) is 4.01. The average Bonchev–Trinajstić information content (AvgIpc) is 2.21. The van der Waals surface area contributed by atoms with Crippen LogP contribution in [0.1, 0.15) is 5.56 Å². The van der Waals surface area contributed by atoms with Crippen molar-refractivity contribution in [3.63, 3.8) is 0 Å². The molecule has 1 aromatic heterocycles. The number of aromatic nitrogens is 1. The zero-order chi connectivity index (χ0) is 11.2. The molecular formula is C10H5BrClF2N. The molecule has 78 valence electrons. The molecule has 1 aromatic carbocycles. The van der Waals surface area contributed by atoms with Crippen molar-refractivity contribution in [1.29, 1.82) is 0 Å². The Hall–Kier alpha value is -0.740. The van der Waals surface area contributed by atoms with Gasteiger partial charge in [0.15, 0.2) is 11.6 Å². The van der Waals surface area contributed by atoms with Crippen LogP contribution in [0.3, 0.4) is 0 Å². The third-order valence-corrected chi connectivity index (χ3v) is 3.33. The topological polar surface area (TPSA) is 12.9 Å². The molecular weight excluding hydrogens is 287 g/mol. The second-order valence-electron chi connectivity index (χ2n) is 3.14. The Labute approximate surface area is 98.2 Å². The predicted octanol–water partition coefficient (Wildman–Crippen LogP) is 4.24. The first-order valence-corrected chi connectivity index (χ1v) is 5.27. The van der Waals surface area contributed by atoms with Gasteiger partial charge in [0.2, 0.25) is 0 Å². The van der Waals surface area contributed by atoms with E-state index >= 15 is 0 Å². The summed E-state index contributed by atoms with van der Waals surface area (Å²) in [6.07, 6.45) is 1.52. The maximum absolute atomic E-state index is 13.2. The van der Waals surface area contributed by atoms with E-state index in [4.69, 9.17) is 11.6 Å². The summed E-state index contributed by atoms with van der Waals surface area (Å²) < 4.78 is 26.3. The second kappa shape index (κ2) is 3.68. The number of fused-ring (bicyclic) bond motifs is 1. The lowest BCUT2D eigenvalue weighted by Gasteiger charge is -2.06. The van der Waals surface area contributed by atoms with Crippen molar-refractivity contribution in [2.75, 3.05) is 0 Å². The minimum Gasteiger partial charge on any atom is -0.255 e. The van der Waals surface area contributed by atoms with Crippen molar-refractivity contribution in [3.8, 4) is 0 Å². The largest absolute Gasteiger partial charge is 0.255 e. The highest BCUT2D eigenvalue weighted by Gasteiger charge is 2.14. The molecule has 0 unspecified atom stereocenters. The SMILES string of the molecule is Cc1cnc2c(Br)c(F)c(F)cc2c1Cl. The van der Waals surface area contributed by atoms with Gasteiger partial charge in [-0.15, -0.1) is 0 Å². The highest BCUT2D eigenvalue weighted by atomic mass is 79.9. The van der Waals surface area contributed by atoms with Crippen LogP contribution in [0.25, 0.3) is 10.9 Å². The number of hydrogen-bond acceptors (Lipinski definition) is 1. The number of nitrogens with zero attached hydrogens (tertiary/aromatic N) is 1. The fourth-order valence-corrected chi connectivity index (χ4v) is 2.01. The van der Waals surface area contributed by atoms with Crippen LogP contribution in [-0.4, -0.2) is 4.98 Å². The predicted molar refractivity (Wildman–Crippen MR) is 59.1 cm³/mol. The van der Waals surface area contributed by atoms with E-state index in [-0.39, 0.29) is 4.47 Å². The van der Waals surface area contributed by atoms with Gasteiger partial charge in [0, 0.05) is 11.6 Å². The Balaban J connectivity index is 2.98. The molecule has 0 saturated heterocycles. The zero-order valence-corrected chi connectivity index (χ0v) is 9.96. The van der Waals surface area contributed by atoms with E-state index < -0.39 is 11.6 Å². The molecule has 0 aliphatic carbocycles. The molecule has 1 heterocycles. The molecule has 2 aromatic rings. The van der Waals surface area contributed by atoms with Gasteiger partial charge in [-0.2, -0.15) is 0 Å². The van der Waals surface area contributed by atoms with Gasteiger partial charge >= 0.3 is 0 Å². The summed E-state index contributed by atoms with van der Waals surface area (Å²) >= 11 is 8.93. The van der Waals surface area contributed by atoms with Crippen LogP contribution in [-0.2, 0) is 0 Å². The minimum atomic E-state index is -0.949. The van der Waals surface area contributed by atoms with E-state index in [1.807, 2.05) is 0 Å². The maximum Gasteiger partial charge on any atom is 0.175 e. The molecule has 0 amide bonds. The molecule has 15 heavy (non-hydrogen) atoms. The van der Waals surface area contributed by atoms with E-state index in [1.165, 1.54) is 6.20 Å². The molecule has 0 saturated carbocycles. The molecule has 0 radical (unpaired) electrons. The van der Waals surface area contributed by atoms with Gasteiger partial charge in [-0.1, -0.05) is 11.6 Å². The molecule has 0 spiro atoms. The van der Waals surface area contributed by atoms with Crippen molar-refractivity contribution < 1.29 is 8.78 Å². The minimum absolute atomic E-state index is 0.000556. The van der Waals surface area contributed by atoms with Crippen LogP contribution in [0.2, 0.25) is 5.02 Å². The molecule has 1 nitrogen and oxygen atoms in total. The second-order valence-corrected chi connectivity index (χ2v) is 4.31. The number of benzene rings is 1. The first-order valence-electron chi connectivity index (χ1n) is 4.10. The third kappa shape index (κ3) is 1.62. The molecule has 5 heteroatoms. The first kappa shape index (κ1) is 10.8. The molecule has 0 atom stereocenters. The van der Waals surface area contributed by atoms with Crippen LogP contribution in [0.4, 0.5) is 8.78 Å². The van der Waals surface area contributed by atoms with Crippen molar-refractivity contribution in [3.05, 3.63) is 39.0 Å². The standard InChI is InChI=1S/C10H5BrClF2N/c1-4-3-15-10-5(8(4)12)2-6(13)9(14)7(10)11/h2-3H,1H3. The van der Waals surface area contributed by atoms with Gasteiger partial charge in [-0.05, 0) is 34.5 Å². The van der Waals surface area contributed by atoms with Crippen LogP contribution in [0.15, 0.2) is 16.7 Å². The smallest absolute Gasteiger partial charge is 0.175 e. The summed E-state index contributed by atoms with van der Waals surface area (Å²) in [7, 11) is 0. The van der Waals surface area contributed by atoms with Crippen LogP contribution < -0.4 is 0 Å². The van der Waals surface area contributed by atoms with Crippen molar-refractivity contribution in [1.82, 2.24) is 4.98 Å². The molecule has 0 aliphatic rings. The lowest BCUT2D eigenvalue weighted by molar-refractivity contribution is 0.506. The monoisotopic (exact) mass is 291 g/mol. The summed E-state index contributed by atoms with van der Waals surface area (Å²) in [5.41, 5.74) is 1.05. The fourth-order valence-electron chi connectivity index (χ4n) is 1.31. The lowest BCUT2D eigenvalue weighted by atomic mass is 10.1. The van der Waals surface area contributed by atoms with E-state index in [2.05, 4.69) is 20.9 Å². The normalized spacial score (nSPS) is 11.0. The van der Waals surface area contributed by atoms with Gasteiger partial charge in [-0.25, -0.2) is 8.78 Å². The van der Waals surface area contributed by atoms with E-state index in [0.29, 0.717) is 15.9 Å². The van der Waals surface area contributed by atoms with Crippen molar-refractivity contribution in [2.45, 2.75) is 6.92 Å². The van der Waals surface area contributed by atoms with Crippen molar-refractivity contribution in [2.24, 2.45) is 0 Å². The fraction of sp³-hybridized carbons (Fsp3) is 0.100. The highest BCUT2D eigenvalue weighted by molar-refractivity contribution is 9.10. The molecule has 0 fully saturated rings. The molecule has 0 N–H and O–H groups in total. The number of halogens is 4. The van der Waals surface area contributed by atoms with E-state index in [0.717, 1.165) is 11.6 Å². The molecule has 0 aliphatic heterocycles. The summed E-state index contributed by atoms with van der Waals surface area (Å²) in [5.74, 6) is -1.89. The number of aryl methyl sites for hydroxylation is 1. The van der Waals surface area contributed by atoms with Gasteiger partial charge in [-0.3, -0.25) is 4.98 Å². The quantitative estimate of drug-likeness (QED) is 0.662. The number of rotatable bonds is 0. The van der Waals surface area contributed by atoms with Crippen molar-refractivity contribution >= 4 is 38.4 Å². The molecule has 0 bridgehead atoms. The number of pyridine rings is 1. The van der Waals surface area contributed by atoms with Gasteiger partial charge in [0.05, 0.1) is 15.0 Å². The number of hydrogen-bond donors (Lipinski definition) is 0. The third-order valence-electron chi connectivity index (χ3n) is 2.11. The average molecular weight is 293 g/mol. The van der Waals surface area contributed by atoms with Gasteiger partial charge < -0.3 is 0 Å². The van der Waals surface area contributed by atoms with Crippen LogP contribution in [0, 0.1) is 18.6 Å². The van der Waals surface area contributed by atoms with Crippen LogP contribution >= 0.6 is 27.5 Å². The van der Waals surface area contributed by atoms with Gasteiger partial charge in [0.1, 0.15) is 0 Å². The Morgan fingerprint density at radius 2 is 2.07 bits per heavy atom. The molecule has 2 rings (SSSR count). The Morgan fingerprint density at radius 3 is 2.73 bits per heavy atom. The van der Waals surface area contributed by atoms with E-state index in [9.17, 15) is 8.78 Å². The zero-order valence-electron chi connectivity index (χ0n) is 7.61. The Bertz CT molecular complexity index is 557. The summed E-state index contributed by atoms with van der Waals surface area (Å²) in [6, 6.07) is 1.05. The summed E-state index contributed by atoms with van der Waals surface area (Å²) in [6.45, 7) is 1.75. The summed E-state index contributed by atoms with van der Waals surface area (Å²) in [5, 5.41) is 0.794. The van der Waals surface area contributed by atoms with Crippen LogP contribution in [0.5, 0.6) is 0 Å². The highest BCUT2D eigenvalue weighted by Crippen LogP contribution is 2.32.